The zero-order valence-corrected chi connectivity index (χ0v) is 23.3. The van der Waals surface area contributed by atoms with Gasteiger partial charge in [0.2, 0.25) is 5.17 Å². The van der Waals surface area contributed by atoms with Crippen molar-refractivity contribution in [1.29, 1.82) is 5.41 Å². The summed E-state index contributed by atoms with van der Waals surface area (Å²) in [5.41, 5.74) is 3.31. The highest BCUT2D eigenvalue weighted by molar-refractivity contribution is 8.26. The first-order chi connectivity index (χ1) is 18.5. The van der Waals surface area contributed by atoms with E-state index in [9.17, 15) is 4.79 Å². The van der Waals surface area contributed by atoms with Crippen LogP contribution in [0.3, 0.4) is 0 Å². The molecule has 0 bridgehead atoms. The van der Waals surface area contributed by atoms with E-state index in [-0.39, 0.29) is 11.4 Å². The van der Waals surface area contributed by atoms with Crippen LogP contribution in [0.4, 0.5) is 0 Å². The summed E-state index contributed by atoms with van der Waals surface area (Å²) in [5, 5.41) is 16.1. The van der Waals surface area contributed by atoms with E-state index in [4.69, 9.17) is 14.9 Å². The van der Waals surface area contributed by atoms with E-state index in [2.05, 4.69) is 43.0 Å². The quantitative estimate of drug-likeness (QED) is 0.222. The fourth-order valence-electron chi connectivity index (χ4n) is 4.32. The van der Waals surface area contributed by atoms with Crippen LogP contribution in [0.2, 0.25) is 0 Å². The molecule has 0 fully saturated rings. The smallest absolute Gasteiger partial charge is 0.283 e. The van der Waals surface area contributed by atoms with Crippen molar-refractivity contribution >= 4 is 39.8 Å². The van der Waals surface area contributed by atoms with Gasteiger partial charge in [-0.15, -0.1) is 0 Å². The summed E-state index contributed by atoms with van der Waals surface area (Å²) < 4.78 is 11.9. The molecule has 200 valence electrons. The number of amides is 1. The number of fused-ring (bicyclic) bond motifs is 1. The number of hydrogen-bond acceptors (Lipinski definition) is 6. The molecular weight excluding hydrogens is 496 g/mol. The Morgan fingerprint density at radius 3 is 2.63 bits per heavy atom. The summed E-state index contributed by atoms with van der Waals surface area (Å²) in [6.07, 6.45) is 9.35. The molecule has 7 nitrogen and oxygen atoms in total. The number of aryl methyl sites for hydroxylation is 2. The van der Waals surface area contributed by atoms with Crippen LogP contribution in [0.15, 0.2) is 58.1 Å². The second-order valence-corrected chi connectivity index (χ2v) is 10.5. The number of carbonyl (C=O) groups excluding carboxylic acids is 1. The van der Waals surface area contributed by atoms with E-state index in [1.165, 1.54) is 47.2 Å². The lowest BCUT2D eigenvalue weighted by atomic mass is 10.1. The van der Waals surface area contributed by atoms with E-state index >= 15 is 0 Å². The molecule has 2 aliphatic rings. The summed E-state index contributed by atoms with van der Waals surface area (Å²) in [5.74, 6) is 1.06. The van der Waals surface area contributed by atoms with Crippen LogP contribution in [-0.4, -0.2) is 40.2 Å². The van der Waals surface area contributed by atoms with Crippen LogP contribution in [0.5, 0.6) is 11.5 Å². The summed E-state index contributed by atoms with van der Waals surface area (Å²) in [4.78, 5) is 17.1. The number of nitrogens with zero attached hydrogens (tertiary/aromatic N) is 3. The zero-order valence-electron chi connectivity index (χ0n) is 22.5. The van der Waals surface area contributed by atoms with E-state index in [1.54, 1.807) is 6.08 Å². The van der Waals surface area contributed by atoms with Gasteiger partial charge in [0.25, 0.3) is 5.91 Å². The molecule has 2 aromatic rings. The summed E-state index contributed by atoms with van der Waals surface area (Å²) in [6.45, 7) is 7.12. The molecule has 0 aliphatic carbocycles. The minimum Gasteiger partial charge on any atom is -0.490 e. The third kappa shape index (κ3) is 7.13. The van der Waals surface area contributed by atoms with Gasteiger partial charge in [0.05, 0.1) is 5.57 Å². The average molecular weight is 533 g/mol. The molecule has 2 aliphatic heterocycles. The number of hydrazone groups is 1. The van der Waals surface area contributed by atoms with Crippen LogP contribution >= 0.6 is 11.8 Å². The lowest BCUT2D eigenvalue weighted by Gasteiger charge is -2.20. The van der Waals surface area contributed by atoms with Gasteiger partial charge in [0.1, 0.15) is 29.8 Å². The van der Waals surface area contributed by atoms with Gasteiger partial charge in [-0.2, -0.15) is 15.1 Å². The Balaban J connectivity index is 1.39. The number of nitrogens with one attached hydrogen (secondary N) is 1. The van der Waals surface area contributed by atoms with E-state index < -0.39 is 5.91 Å². The lowest BCUT2D eigenvalue weighted by molar-refractivity contribution is -0.114. The van der Waals surface area contributed by atoms with E-state index in [0.717, 1.165) is 36.5 Å². The maximum atomic E-state index is 12.9. The van der Waals surface area contributed by atoms with Gasteiger partial charge in [-0.1, -0.05) is 63.8 Å². The second-order valence-electron chi connectivity index (χ2n) is 9.42. The molecule has 2 aromatic carbocycles. The Morgan fingerprint density at radius 1 is 1.03 bits per heavy atom. The molecule has 0 saturated heterocycles. The summed E-state index contributed by atoms with van der Waals surface area (Å²) in [7, 11) is 0. The number of ether oxygens (including phenoxy) is 2. The highest BCUT2D eigenvalue weighted by atomic mass is 32.2. The molecule has 0 aromatic heterocycles. The average Bonchev–Trinajstić information content (AvgIpc) is 3.32. The van der Waals surface area contributed by atoms with Crippen LogP contribution in [-0.2, 0) is 11.2 Å². The maximum Gasteiger partial charge on any atom is 0.283 e. The largest absolute Gasteiger partial charge is 0.490 e. The monoisotopic (exact) mass is 532 g/mol. The molecule has 0 spiro atoms. The highest BCUT2D eigenvalue weighted by Crippen LogP contribution is 2.31. The Morgan fingerprint density at radius 2 is 1.82 bits per heavy atom. The van der Waals surface area contributed by atoms with Gasteiger partial charge >= 0.3 is 0 Å². The third-order valence-electron chi connectivity index (χ3n) is 6.34. The lowest BCUT2D eigenvalue weighted by Crippen LogP contribution is -2.35. The minimum absolute atomic E-state index is 0.0396. The van der Waals surface area contributed by atoms with Crippen molar-refractivity contribution in [2.45, 2.75) is 65.7 Å². The first-order valence-electron chi connectivity index (χ1n) is 13.4. The molecular formula is C30H36N4O3S. The SMILES string of the molecule is CCCCCCCC1=NN2C(=N)/C(=C/c3ccccc3OCCOc3cc(C)cc(CC)c3)C(=O)N=C2S1. The molecule has 8 heteroatoms. The van der Waals surface area contributed by atoms with Gasteiger partial charge in [0.15, 0.2) is 5.84 Å². The molecule has 1 N–H and O–H groups in total. The van der Waals surface area contributed by atoms with Crippen molar-refractivity contribution in [2.75, 3.05) is 13.2 Å². The minimum atomic E-state index is -0.433. The van der Waals surface area contributed by atoms with Crippen LogP contribution in [0, 0.1) is 12.3 Å². The molecule has 1 amide bonds. The number of unbranched alkanes of at least 4 members (excludes halogenated alkanes) is 4. The number of thioether (sulfide) groups is 1. The maximum absolute atomic E-state index is 12.9. The van der Waals surface area contributed by atoms with Gasteiger partial charge in [-0.25, -0.2) is 0 Å². The standard InChI is InChI=1S/C30H36N4O3S/c1-4-6-7-8-9-14-27-33-34-28(31)25(29(35)32-30(34)38-27)20-23-12-10-11-13-26(23)37-16-15-36-24-18-21(3)17-22(5-2)19-24/h10-13,17-20,31H,4-9,14-16H2,1-3H3/b25-20-,31-28?. The normalized spacial score (nSPS) is 16.0. The van der Waals surface area contributed by atoms with Crippen molar-refractivity contribution < 1.29 is 14.3 Å². The topological polar surface area (TPSA) is 87.3 Å². The van der Waals surface area contributed by atoms with Gasteiger partial charge in [-0.05, 0) is 73.4 Å². The van der Waals surface area contributed by atoms with Crippen LogP contribution in [0.1, 0.15) is 69.1 Å². The summed E-state index contributed by atoms with van der Waals surface area (Å²) >= 11 is 1.39. The predicted octanol–water partition coefficient (Wildman–Crippen LogP) is 6.99. The Labute approximate surface area is 229 Å². The van der Waals surface area contributed by atoms with Crippen molar-refractivity contribution in [1.82, 2.24) is 5.01 Å². The molecule has 2 heterocycles. The zero-order chi connectivity index (χ0) is 26.9. The first kappa shape index (κ1) is 27.6. The number of amidine groups is 2. The van der Waals surface area contributed by atoms with Crippen molar-refractivity contribution in [2.24, 2.45) is 10.1 Å². The van der Waals surface area contributed by atoms with Gasteiger partial charge in [0, 0.05) is 5.56 Å². The highest BCUT2D eigenvalue weighted by Gasteiger charge is 2.35. The van der Waals surface area contributed by atoms with Crippen molar-refractivity contribution in [3.05, 3.63) is 64.7 Å². The number of para-hydroxylation sites is 1. The second kappa shape index (κ2) is 13.4. The van der Waals surface area contributed by atoms with Gasteiger partial charge < -0.3 is 9.47 Å². The van der Waals surface area contributed by atoms with Crippen molar-refractivity contribution in [3.8, 4) is 11.5 Å². The predicted molar refractivity (Wildman–Crippen MR) is 156 cm³/mol. The van der Waals surface area contributed by atoms with Gasteiger partial charge in [-0.3, -0.25) is 10.2 Å². The molecule has 0 unspecified atom stereocenters. The number of rotatable bonds is 13. The molecule has 0 radical (unpaired) electrons. The molecule has 4 rings (SSSR count). The fourth-order valence-corrected chi connectivity index (χ4v) is 5.25. The number of carbonyl (C=O) groups is 1. The third-order valence-corrected chi connectivity index (χ3v) is 7.31. The Hall–Kier alpha value is -3.39. The molecule has 0 saturated carbocycles. The summed E-state index contributed by atoms with van der Waals surface area (Å²) in [6, 6.07) is 13.7. The Kier molecular flexibility index (Phi) is 9.76. The number of aliphatic imine (C=N–C) groups is 1. The molecule has 38 heavy (non-hydrogen) atoms. The van der Waals surface area contributed by atoms with E-state index in [1.807, 2.05) is 30.3 Å². The van der Waals surface area contributed by atoms with Crippen molar-refractivity contribution in [3.63, 3.8) is 0 Å². The van der Waals surface area contributed by atoms with Crippen LogP contribution in [0.25, 0.3) is 6.08 Å². The van der Waals surface area contributed by atoms with E-state index in [0.29, 0.717) is 29.7 Å². The first-order valence-corrected chi connectivity index (χ1v) is 14.2. The molecule has 0 atom stereocenters. The number of hydrogen-bond donors (Lipinski definition) is 1. The Bertz CT molecular complexity index is 1270. The van der Waals surface area contributed by atoms with Crippen LogP contribution < -0.4 is 9.47 Å². The fraction of sp³-hybridized carbons (Fsp3) is 0.400. The number of benzene rings is 2.